The maximum Gasteiger partial charge on any atom is 0.237 e. The van der Waals surface area contributed by atoms with Crippen LogP contribution in [0.3, 0.4) is 0 Å². The van der Waals surface area contributed by atoms with Crippen molar-refractivity contribution in [2.24, 2.45) is 0 Å². The zero-order valence-corrected chi connectivity index (χ0v) is 16.7. The van der Waals surface area contributed by atoms with Gasteiger partial charge in [-0.05, 0) is 55.7 Å². The standard InChI is InChI=1S/C21H30N2OS/c1-6-15(4)17-9-11-18(12-10-17)20(19-8-7-13-25-19)23-16(5)21(24)22-14(2)3/h7-16,20,23H,6H2,1-5H3,(H,22,24)/t15-,16-,20-/m0/s1. The number of hydrogen-bond acceptors (Lipinski definition) is 3. The molecule has 1 aromatic heterocycles. The third-order valence-corrected chi connectivity index (χ3v) is 5.46. The van der Waals surface area contributed by atoms with Gasteiger partial charge in [-0.3, -0.25) is 10.1 Å². The Morgan fingerprint density at radius 1 is 1.04 bits per heavy atom. The van der Waals surface area contributed by atoms with E-state index in [4.69, 9.17) is 0 Å². The van der Waals surface area contributed by atoms with Crippen molar-refractivity contribution in [2.75, 3.05) is 0 Å². The van der Waals surface area contributed by atoms with Crippen molar-refractivity contribution in [3.63, 3.8) is 0 Å². The lowest BCUT2D eigenvalue weighted by molar-refractivity contribution is -0.123. The first-order chi connectivity index (χ1) is 11.9. The summed E-state index contributed by atoms with van der Waals surface area (Å²) >= 11 is 1.71. The summed E-state index contributed by atoms with van der Waals surface area (Å²) in [4.78, 5) is 13.5. The molecule has 1 amide bonds. The maximum absolute atomic E-state index is 12.3. The first kappa shape index (κ1) is 19.7. The molecule has 0 spiro atoms. The van der Waals surface area contributed by atoms with Crippen LogP contribution in [0.4, 0.5) is 0 Å². The average molecular weight is 359 g/mol. The number of thiophene rings is 1. The number of carbonyl (C=O) groups excluding carboxylic acids is 1. The fourth-order valence-electron chi connectivity index (χ4n) is 2.79. The Morgan fingerprint density at radius 2 is 1.68 bits per heavy atom. The molecule has 0 saturated heterocycles. The minimum Gasteiger partial charge on any atom is -0.353 e. The number of hydrogen-bond donors (Lipinski definition) is 2. The third kappa shape index (κ3) is 5.41. The van der Waals surface area contributed by atoms with Gasteiger partial charge in [0, 0.05) is 10.9 Å². The number of rotatable bonds is 8. The Balaban J connectivity index is 2.21. The molecule has 2 rings (SSSR count). The summed E-state index contributed by atoms with van der Waals surface area (Å²) in [7, 11) is 0. The highest BCUT2D eigenvalue weighted by Crippen LogP contribution is 2.28. The van der Waals surface area contributed by atoms with Crippen LogP contribution in [0.15, 0.2) is 41.8 Å². The van der Waals surface area contributed by atoms with E-state index < -0.39 is 0 Å². The van der Waals surface area contributed by atoms with E-state index in [1.54, 1.807) is 11.3 Å². The Morgan fingerprint density at radius 3 is 2.20 bits per heavy atom. The summed E-state index contributed by atoms with van der Waals surface area (Å²) in [6.45, 7) is 10.3. The third-order valence-electron chi connectivity index (χ3n) is 4.52. The van der Waals surface area contributed by atoms with E-state index in [-0.39, 0.29) is 24.0 Å². The zero-order chi connectivity index (χ0) is 18.4. The van der Waals surface area contributed by atoms with Gasteiger partial charge in [0.25, 0.3) is 0 Å². The largest absolute Gasteiger partial charge is 0.353 e. The van der Waals surface area contributed by atoms with E-state index >= 15 is 0 Å². The van der Waals surface area contributed by atoms with E-state index in [1.807, 2.05) is 20.8 Å². The van der Waals surface area contributed by atoms with E-state index in [0.717, 1.165) is 6.42 Å². The second kappa shape index (κ2) is 9.16. The van der Waals surface area contributed by atoms with Crippen molar-refractivity contribution >= 4 is 17.2 Å². The quantitative estimate of drug-likeness (QED) is 0.708. The number of amides is 1. The van der Waals surface area contributed by atoms with Crippen LogP contribution in [-0.2, 0) is 4.79 Å². The van der Waals surface area contributed by atoms with Gasteiger partial charge in [-0.2, -0.15) is 0 Å². The van der Waals surface area contributed by atoms with E-state index in [9.17, 15) is 4.79 Å². The predicted octanol–water partition coefficient (Wildman–Crippen LogP) is 4.85. The monoisotopic (exact) mass is 358 g/mol. The molecule has 4 heteroatoms. The fourth-order valence-corrected chi connectivity index (χ4v) is 3.60. The Labute approximate surface area is 155 Å². The fraction of sp³-hybridized carbons (Fsp3) is 0.476. The molecule has 0 aliphatic carbocycles. The second-order valence-corrected chi connectivity index (χ2v) is 7.96. The average Bonchev–Trinajstić information content (AvgIpc) is 3.12. The SMILES string of the molecule is CC[C@H](C)c1ccc([C@H](N[C@@H](C)C(=O)NC(C)C)c2cccs2)cc1. The molecule has 136 valence electrons. The van der Waals surface area contributed by atoms with Crippen molar-refractivity contribution in [1.82, 2.24) is 10.6 Å². The lowest BCUT2D eigenvalue weighted by atomic mass is 9.95. The molecule has 1 heterocycles. The van der Waals surface area contributed by atoms with Gasteiger partial charge in [0.05, 0.1) is 12.1 Å². The van der Waals surface area contributed by atoms with Crippen LogP contribution >= 0.6 is 11.3 Å². The molecule has 1 aromatic carbocycles. The lowest BCUT2D eigenvalue weighted by Crippen LogP contribution is -2.45. The predicted molar refractivity (Wildman–Crippen MR) is 107 cm³/mol. The van der Waals surface area contributed by atoms with Gasteiger partial charge < -0.3 is 5.32 Å². The van der Waals surface area contributed by atoms with Crippen molar-refractivity contribution in [1.29, 1.82) is 0 Å². The van der Waals surface area contributed by atoms with Crippen LogP contribution < -0.4 is 10.6 Å². The highest BCUT2D eigenvalue weighted by molar-refractivity contribution is 7.10. The summed E-state index contributed by atoms with van der Waals surface area (Å²) in [5.74, 6) is 0.603. The molecule has 3 atom stereocenters. The molecule has 0 aliphatic rings. The van der Waals surface area contributed by atoms with Gasteiger partial charge in [0.1, 0.15) is 0 Å². The van der Waals surface area contributed by atoms with Gasteiger partial charge >= 0.3 is 0 Å². The van der Waals surface area contributed by atoms with Crippen LogP contribution in [0.25, 0.3) is 0 Å². The van der Waals surface area contributed by atoms with Gasteiger partial charge in [0.2, 0.25) is 5.91 Å². The highest BCUT2D eigenvalue weighted by Gasteiger charge is 2.22. The maximum atomic E-state index is 12.3. The second-order valence-electron chi connectivity index (χ2n) is 6.98. The molecule has 0 bridgehead atoms. The van der Waals surface area contributed by atoms with E-state index in [2.05, 4.69) is 66.3 Å². The van der Waals surface area contributed by atoms with Gasteiger partial charge in [-0.15, -0.1) is 11.3 Å². The van der Waals surface area contributed by atoms with Gasteiger partial charge in [-0.1, -0.05) is 44.2 Å². The van der Waals surface area contributed by atoms with Crippen LogP contribution in [-0.4, -0.2) is 18.0 Å². The number of nitrogens with one attached hydrogen (secondary N) is 2. The highest BCUT2D eigenvalue weighted by atomic mass is 32.1. The topological polar surface area (TPSA) is 41.1 Å². The van der Waals surface area contributed by atoms with Crippen molar-refractivity contribution < 1.29 is 4.79 Å². The number of benzene rings is 1. The molecule has 0 saturated carbocycles. The van der Waals surface area contributed by atoms with Crippen molar-refractivity contribution in [3.8, 4) is 0 Å². The minimum atomic E-state index is -0.260. The number of carbonyl (C=O) groups is 1. The summed E-state index contributed by atoms with van der Waals surface area (Å²) in [5.41, 5.74) is 2.56. The van der Waals surface area contributed by atoms with E-state index in [1.165, 1.54) is 16.0 Å². The van der Waals surface area contributed by atoms with Crippen molar-refractivity contribution in [3.05, 3.63) is 57.8 Å². The lowest BCUT2D eigenvalue weighted by Gasteiger charge is -2.24. The molecule has 3 nitrogen and oxygen atoms in total. The molecule has 0 unspecified atom stereocenters. The van der Waals surface area contributed by atoms with Crippen LogP contribution in [0.5, 0.6) is 0 Å². The summed E-state index contributed by atoms with van der Waals surface area (Å²) < 4.78 is 0. The molecule has 0 radical (unpaired) electrons. The molecule has 0 aliphatic heterocycles. The van der Waals surface area contributed by atoms with Gasteiger partial charge in [-0.25, -0.2) is 0 Å². The Kier molecular flexibility index (Phi) is 7.21. The Bertz CT molecular complexity index is 649. The zero-order valence-electron chi connectivity index (χ0n) is 15.9. The van der Waals surface area contributed by atoms with Crippen LogP contribution in [0.2, 0.25) is 0 Å². The normalized spacial score (nSPS) is 15.0. The molecule has 25 heavy (non-hydrogen) atoms. The van der Waals surface area contributed by atoms with Crippen LogP contribution in [0.1, 0.15) is 69.0 Å². The Hall–Kier alpha value is -1.65. The summed E-state index contributed by atoms with van der Waals surface area (Å²) in [5, 5.41) is 8.56. The smallest absolute Gasteiger partial charge is 0.237 e. The first-order valence-electron chi connectivity index (χ1n) is 9.12. The molecule has 0 fully saturated rings. The van der Waals surface area contributed by atoms with Crippen molar-refractivity contribution in [2.45, 2.75) is 65.1 Å². The summed E-state index contributed by atoms with van der Waals surface area (Å²) in [6.07, 6.45) is 1.14. The molecule has 2 aromatic rings. The summed E-state index contributed by atoms with van der Waals surface area (Å²) in [6, 6.07) is 12.9. The molecular formula is C21H30N2OS. The van der Waals surface area contributed by atoms with Crippen LogP contribution in [0, 0.1) is 0 Å². The minimum absolute atomic E-state index is 0.0268. The van der Waals surface area contributed by atoms with E-state index in [0.29, 0.717) is 5.92 Å². The molecular weight excluding hydrogens is 328 g/mol. The molecule has 2 N–H and O–H groups in total. The first-order valence-corrected chi connectivity index (χ1v) is 10.00. The van der Waals surface area contributed by atoms with Gasteiger partial charge in [0.15, 0.2) is 0 Å².